The van der Waals surface area contributed by atoms with Crippen molar-refractivity contribution in [1.29, 1.82) is 0 Å². The molecule has 2 rings (SSSR count). The van der Waals surface area contributed by atoms with Gasteiger partial charge in [0.25, 0.3) is 0 Å². The number of ether oxygens (including phenoxy) is 4. The number of esters is 2. The van der Waals surface area contributed by atoms with E-state index in [4.69, 9.17) is 41.3 Å². The molecule has 0 aliphatic carbocycles. The summed E-state index contributed by atoms with van der Waals surface area (Å²) in [6.45, 7) is 18.8. The van der Waals surface area contributed by atoms with Gasteiger partial charge in [-0.15, -0.1) is 0 Å². The number of carbonyl (C=O) groups is 4. The largest absolute Gasteiger partial charge is 0.467 e. The fraction of sp³-hybridized carbons (Fsp3) is 0.568. The summed E-state index contributed by atoms with van der Waals surface area (Å²) in [4.78, 5) is 55.3. The van der Waals surface area contributed by atoms with Crippen LogP contribution in [-0.4, -0.2) is 80.0 Å². The van der Waals surface area contributed by atoms with Gasteiger partial charge < -0.3 is 14.8 Å². The second kappa shape index (κ2) is 45.0. The van der Waals surface area contributed by atoms with Crippen molar-refractivity contribution < 1.29 is 38.1 Å². The average molecular weight is 1630 g/mol. The van der Waals surface area contributed by atoms with Crippen LogP contribution in [0, 0.1) is 27.7 Å². The minimum Gasteiger partial charge on any atom is -0.467 e. The van der Waals surface area contributed by atoms with Gasteiger partial charge in [-0.2, -0.15) is 0 Å². The SMILES string of the molecule is COC(=O)[C@H](Cc1cc(C)c(C)c[c]1[Sn]([CH3])([CH3])[CH3])NC(=O)OC(C)(C)C.COC(=O)[C@H](Cc1cc(C)c(C)cc1Br)NC(=O)OC(C)(C)C.S=S=S=S=S=S=S=S=S=S=S.S=S=S=S=S=S=S=S=S=S=S=S=S. The van der Waals surface area contributed by atoms with E-state index < -0.39 is 65.8 Å². The Labute approximate surface area is 520 Å². The summed E-state index contributed by atoms with van der Waals surface area (Å²) >= 11 is 19.8. The van der Waals surface area contributed by atoms with Gasteiger partial charge in [-0.25, -0.2) is 9.59 Å². The van der Waals surface area contributed by atoms with Gasteiger partial charge in [-0.3, -0.25) is 0 Å². The van der Waals surface area contributed by atoms with Crippen LogP contribution in [0.1, 0.15) is 74.9 Å². The van der Waals surface area contributed by atoms with Crippen molar-refractivity contribution in [2.75, 3.05) is 14.2 Å². The third kappa shape index (κ3) is 42.0. The number of carbonyl (C=O) groups excluding carboxylic acids is 4. The maximum atomic E-state index is 12.3. The number of halogens is 1. The Balaban J connectivity index is 0. The van der Waals surface area contributed by atoms with Crippen LogP contribution in [0.25, 0.3) is 0 Å². The third-order valence-corrected chi connectivity index (χ3v) is 54.6. The van der Waals surface area contributed by atoms with Crippen LogP contribution in [0.4, 0.5) is 9.59 Å². The first-order chi connectivity index (χ1) is 34.1. The molecular weight excluding hydrogens is 1570 g/mol. The zero-order valence-corrected chi connectivity index (χ0v) is 65.9. The quantitative estimate of drug-likeness (QED) is 0.152. The first-order valence-electron chi connectivity index (χ1n) is 20.0. The van der Waals surface area contributed by atoms with Gasteiger partial charge in [-0.05, 0) is 57.4 Å². The zero-order chi connectivity index (χ0) is 56.2. The molecule has 2 aromatic rings. The van der Waals surface area contributed by atoms with Crippen LogP contribution in [0.15, 0.2) is 28.7 Å². The fourth-order valence-corrected chi connectivity index (χ4v) is 54.6. The topological polar surface area (TPSA) is 129 Å². The molecule has 0 saturated carbocycles. The number of benzene rings is 2. The summed E-state index contributed by atoms with van der Waals surface area (Å²) in [6.07, 6.45) is -0.546. The maximum absolute atomic E-state index is 12.3. The molecule has 2 atom stereocenters. The molecule has 0 aliphatic heterocycles. The van der Waals surface area contributed by atoms with E-state index in [1.807, 2.05) is 26.0 Å². The van der Waals surface area contributed by atoms with Crippen LogP contribution < -0.4 is 14.2 Å². The molecule has 0 unspecified atom stereocenters. The Bertz CT molecular complexity index is 3090. The molecule has 36 heteroatoms. The first kappa shape index (κ1) is 77.5. The molecule has 0 bridgehead atoms. The second-order valence-electron chi connectivity index (χ2n) is 16.6. The van der Waals surface area contributed by atoms with E-state index in [2.05, 4.69) is 89.7 Å². The summed E-state index contributed by atoms with van der Waals surface area (Å²) in [7, 11) is 35.2. The summed E-state index contributed by atoms with van der Waals surface area (Å²) in [5.74, 6) is -0.981. The number of hydrogen-bond acceptors (Lipinski definition) is 12. The number of methoxy groups -OCH3 is 2. The van der Waals surface area contributed by atoms with Gasteiger partial charge in [-0.1, -0.05) is 22.0 Å². The number of amides is 2. The van der Waals surface area contributed by atoms with Crippen LogP contribution in [-0.2, 0) is 264 Å². The molecule has 2 aromatic carbocycles. The van der Waals surface area contributed by atoms with Crippen molar-refractivity contribution in [1.82, 2.24) is 10.6 Å². The van der Waals surface area contributed by atoms with Crippen LogP contribution in [0.3, 0.4) is 0 Å². The average Bonchev–Trinajstić information content (AvgIpc) is 3.29. The Hall–Kier alpha value is 2.48. The monoisotopic (exact) mass is 1620 g/mol. The molecule has 0 aliphatic rings. The Kier molecular flexibility index (Phi) is 47.9. The molecule has 0 fully saturated rings. The first-order valence-corrected chi connectivity index (χ1v) is 60.1. The summed E-state index contributed by atoms with van der Waals surface area (Å²) in [5.41, 5.74) is 5.47. The van der Waals surface area contributed by atoms with Gasteiger partial charge >= 0.3 is 174 Å². The van der Waals surface area contributed by atoms with E-state index in [1.165, 1.54) is 64.4 Å². The van der Waals surface area contributed by atoms with Crippen LogP contribution in [0.5, 0.6) is 0 Å². The molecule has 0 radical (unpaired) electrons. The van der Waals surface area contributed by atoms with E-state index in [0.717, 1.165) is 26.7 Å². The van der Waals surface area contributed by atoms with Crippen LogP contribution in [0.2, 0.25) is 14.8 Å². The maximum Gasteiger partial charge on any atom is 0.408 e. The standard InChI is InChI=1S/C17H24BrNO4.C17H24NO4.3CH3.S13.S11.Sn/c1-10-7-12(13(18)8-11(10)2)9-14(15(20)22-6)19-16(21)23-17(3,4)5;1-11-7-8-13(9-12(11)2)10-14(15(19)21-6)18-16(20)22-17(3,4)5;;;;1-3-5-7-9-11-13-12-10-8-6-4-2;1-3-5-7-9-11-10-8-6-4-2;/h7-8,14H,9H2,1-6H3,(H,19,21);7,9,14H,10H2,1-6H3,(H,18,20);3*1H3;;;/t2*14-;;;;;;/m00....../s1. The van der Waals surface area contributed by atoms with Gasteiger partial charge in [0.05, 0.1) is 7.11 Å². The van der Waals surface area contributed by atoms with Crippen molar-refractivity contribution in [2.24, 2.45) is 0 Å². The second-order valence-corrected chi connectivity index (χ2v) is 67.2. The van der Waals surface area contributed by atoms with Gasteiger partial charge in [0, 0.05) is 233 Å². The Morgan fingerprint density at radius 2 is 0.781 bits per heavy atom. The minimum atomic E-state index is -2.40. The van der Waals surface area contributed by atoms with E-state index in [0.29, 0.717) is 12.8 Å². The summed E-state index contributed by atoms with van der Waals surface area (Å²) in [5, 5.41) is 5.25. The predicted molar refractivity (Wildman–Crippen MR) is 377 cm³/mol. The van der Waals surface area contributed by atoms with Crippen molar-refractivity contribution in [3.05, 3.63) is 62.1 Å². The van der Waals surface area contributed by atoms with Crippen LogP contribution >= 0.6 is 15.9 Å². The van der Waals surface area contributed by atoms with E-state index in [1.54, 1.807) is 184 Å². The van der Waals surface area contributed by atoms with Crippen molar-refractivity contribution in [2.45, 2.75) is 120 Å². The molecule has 2 N–H and O–H groups in total. The van der Waals surface area contributed by atoms with E-state index in [-0.39, 0.29) is 0 Å². The molecule has 0 saturated heterocycles. The number of hydrogen-bond donors (Lipinski definition) is 2. The van der Waals surface area contributed by atoms with Crippen molar-refractivity contribution >= 4 is 284 Å². The zero-order valence-electron chi connectivity index (χ0n) is 41.8. The van der Waals surface area contributed by atoms with Crippen molar-refractivity contribution in [3.8, 4) is 0 Å². The molecule has 73 heavy (non-hydrogen) atoms. The molecule has 2 amide bonds. The van der Waals surface area contributed by atoms with Crippen molar-refractivity contribution in [3.63, 3.8) is 0 Å². The predicted octanol–water partition coefficient (Wildman–Crippen LogP) is 7.07. The molecule has 0 spiro atoms. The third-order valence-electron chi connectivity index (χ3n) is 7.89. The molecule has 10 nitrogen and oxygen atoms in total. The summed E-state index contributed by atoms with van der Waals surface area (Å²) in [6, 6.07) is 6.79. The molecule has 0 aromatic heterocycles. The van der Waals surface area contributed by atoms with Gasteiger partial charge in [0.15, 0.2) is 0 Å². The Morgan fingerprint density at radius 1 is 0.507 bits per heavy atom. The van der Waals surface area contributed by atoms with Gasteiger partial charge in [0.2, 0.25) is 0 Å². The molecule has 0 heterocycles. The fourth-order valence-electron chi connectivity index (χ4n) is 4.93. The molecular formula is C37H57BrN2O8S24Sn. The van der Waals surface area contributed by atoms with E-state index >= 15 is 0 Å². The van der Waals surface area contributed by atoms with E-state index in [9.17, 15) is 19.2 Å². The summed E-state index contributed by atoms with van der Waals surface area (Å²) < 4.78 is 22.4. The smallest absolute Gasteiger partial charge is 0.408 e. The number of alkyl carbamates (subject to hydrolysis) is 2. The number of rotatable bonds is 9. The normalized spacial score (nSPS) is 10.9. The minimum absolute atomic E-state index is 0.313. The van der Waals surface area contributed by atoms with Gasteiger partial charge in [0.1, 0.15) is 11.6 Å². The Morgan fingerprint density at radius 3 is 1.07 bits per heavy atom. The number of aryl methyl sites for hydroxylation is 4. The number of nitrogens with one attached hydrogen (secondary N) is 2. The molecule has 418 valence electrons.